The summed E-state index contributed by atoms with van der Waals surface area (Å²) in [5, 5.41) is 13.2. The molecule has 0 aromatic heterocycles. The van der Waals surface area contributed by atoms with Crippen molar-refractivity contribution in [3.05, 3.63) is 41.2 Å². The number of carbonyl (C=O) groups excluding carboxylic acids is 4. The first-order chi connectivity index (χ1) is 18.7. The van der Waals surface area contributed by atoms with Crippen molar-refractivity contribution in [3.8, 4) is 0 Å². The third-order valence-electron chi connectivity index (χ3n) is 6.98. The van der Waals surface area contributed by atoms with Crippen molar-refractivity contribution >= 4 is 35.0 Å². The van der Waals surface area contributed by atoms with Gasteiger partial charge in [-0.1, -0.05) is 46.2 Å². The molecule has 2 rings (SSSR count). The van der Waals surface area contributed by atoms with E-state index in [2.05, 4.69) is 10.3 Å². The summed E-state index contributed by atoms with van der Waals surface area (Å²) < 4.78 is 5.35. The minimum atomic E-state index is -0.561. The van der Waals surface area contributed by atoms with Crippen molar-refractivity contribution in [2.45, 2.75) is 92.7 Å². The lowest BCUT2D eigenvalue weighted by atomic mass is 9.76. The van der Waals surface area contributed by atoms with Gasteiger partial charge in [0.1, 0.15) is 12.4 Å². The molecule has 1 aromatic rings. The number of benzene rings is 1. The molecule has 0 unspecified atom stereocenters. The molecule has 0 bridgehead atoms. The van der Waals surface area contributed by atoms with Crippen LogP contribution in [-0.2, 0) is 25.7 Å². The Morgan fingerprint density at radius 1 is 1.07 bits per heavy atom. The zero-order valence-electron chi connectivity index (χ0n) is 25.0. The van der Waals surface area contributed by atoms with Gasteiger partial charge in [-0.2, -0.15) is 0 Å². The molecular weight excluding hydrogens is 510 g/mol. The Morgan fingerprint density at radius 2 is 1.73 bits per heavy atom. The van der Waals surface area contributed by atoms with Crippen LogP contribution in [0.5, 0.6) is 0 Å². The highest BCUT2D eigenvalue weighted by molar-refractivity contribution is 6.22. The Labute approximate surface area is 238 Å². The summed E-state index contributed by atoms with van der Waals surface area (Å²) in [6.45, 7) is 11.5. The van der Waals surface area contributed by atoms with Crippen LogP contribution in [0, 0.1) is 11.3 Å². The first kappa shape index (κ1) is 32.7. The van der Waals surface area contributed by atoms with Gasteiger partial charge in [0, 0.05) is 44.3 Å². The molecule has 1 atom stereocenters. The van der Waals surface area contributed by atoms with Crippen molar-refractivity contribution in [2.24, 2.45) is 16.3 Å². The van der Waals surface area contributed by atoms with Crippen LogP contribution in [0.15, 0.2) is 40.6 Å². The number of ketones is 2. The molecule has 220 valence electrons. The molecule has 1 aliphatic carbocycles. The summed E-state index contributed by atoms with van der Waals surface area (Å²) in [5.41, 5.74) is 2.14. The highest BCUT2D eigenvalue weighted by Gasteiger charge is 2.34. The zero-order chi connectivity index (χ0) is 30.0. The number of carbonyl (C=O) groups is 4. The molecule has 0 radical (unpaired) electrons. The first-order valence-corrected chi connectivity index (χ1v) is 14.0. The molecule has 40 heavy (non-hydrogen) atoms. The lowest BCUT2D eigenvalue weighted by molar-refractivity contribution is -0.122. The number of aliphatic hydroxyl groups excluding tert-OH is 1. The fourth-order valence-electron chi connectivity index (χ4n) is 5.06. The predicted molar refractivity (Wildman–Crippen MR) is 156 cm³/mol. The SMILES string of the molecule is CC(=O)[C@@H](C(C)C)N(C)C(=O)OCc1ccc(NC(=O)CCCCCN=C(C)C2=C(O)CC(C)(C)CC2=O)cc1. The van der Waals surface area contributed by atoms with Gasteiger partial charge in [0.05, 0.1) is 11.6 Å². The number of hydrogen-bond donors (Lipinski definition) is 2. The smallest absolute Gasteiger partial charge is 0.410 e. The second-order valence-electron chi connectivity index (χ2n) is 11.8. The van der Waals surface area contributed by atoms with E-state index >= 15 is 0 Å². The third kappa shape index (κ3) is 9.92. The van der Waals surface area contributed by atoms with Gasteiger partial charge >= 0.3 is 6.09 Å². The minimum absolute atomic E-state index is 0.0184. The summed E-state index contributed by atoms with van der Waals surface area (Å²) in [6, 6.07) is 6.53. The second-order valence-corrected chi connectivity index (χ2v) is 11.8. The van der Waals surface area contributed by atoms with Gasteiger partial charge in [0.2, 0.25) is 5.91 Å². The molecule has 9 heteroatoms. The number of unbranched alkanes of at least 4 members (excludes halogenated alkanes) is 2. The van der Waals surface area contributed by atoms with E-state index in [1.165, 1.54) is 11.8 Å². The maximum atomic E-state index is 12.4. The van der Waals surface area contributed by atoms with Crippen LogP contribution in [-0.4, -0.2) is 58.9 Å². The summed E-state index contributed by atoms with van der Waals surface area (Å²) in [4.78, 5) is 54.7. The molecule has 1 aromatic carbocycles. The van der Waals surface area contributed by atoms with Crippen LogP contribution in [0.2, 0.25) is 0 Å². The molecule has 0 saturated carbocycles. The van der Waals surface area contributed by atoms with Crippen molar-refractivity contribution < 1.29 is 29.0 Å². The molecule has 2 N–H and O–H groups in total. The Hall–Kier alpha value is -3.49. The van der Waals surface area contributed by atoms with Gasteiger partial charge in [-0.15, -0.1) is 0 Å². The molecule has 9 nitrogen and oxygen atoms in total. The highest BCUT2D eigenvalue weighted by Crippen LogP contribution is 2.36. The number of likely N-dealkylation sites (N-methyl/N-ethyl adjacent to an activating group) is 1. The maximum Gasteiger partial charge on any atom is 0.410 e. The number of anilines is 1. The number of amides is 2. The van der Waals surface area contributed by atoms with Crippen LogP contribution >= 0.6 is 0 Å². The number of hydrogen-bond acceptors (Lipinski definition) is 7. The average molecular weight is 556 g/mol. The number of nitrogens with one attached hydrogen (secondary N) is 1. The fourth-order valence-corrected chi connectivity index (χ4v) is 5.06. The molecule has 0 spiro atoms. The molecule has 0 fully saturated rings. The largest absolute Gasteiger partial charge is 0.511 e. The lowest BCUT2D eigenvalue weighted by Gasteiger charge is -2.29. The van der Waals surface area contributed by atoms with Crippen LogP contribution < -0.4 is 5.32 Å². The van der Waals surface area contributed by atoms with Gasteiger partial charge in [-0.05, 0) is 55.7 Å². The van der Waals surface area contributed by atoms with E-state index in [9.17, 15) is 24.3 Å². The quantitative estimate of drug-likeness (QED) is 0.226. The monoisotopic (exact) mass is 555 g/mol. The van der Waals surface area contributed by atoms with E-state index in [1.807, 2.05) is 27.7 Å². The van der Waals surface area contributed by atoms with E-state index < -0.39 is 12.1 Å². The lowest BCUT2D eigenvalue weighted by Crippen LogP contribution is -2.45. The molecule has 1 aliphatic rings. The Morgan fingerprint density at radius 3 is 2.30 bits per heavy atom. The van der Waals surface area contributed by atoms with Crippen LogP contribution in [0.25, 0.3) is 0 Å². The zero-order valence-corrected chi connectivity index (χ0v) is 25.0. The molecule has 2 amide bonds. The number of aliphatic hydroxyl groups is 1. The fraction of sp³-hybridized carbons (Fsp3) is 0.581. The van der Waals surface area contributed by atoms with E-state index in [1.54, 1.807) is 38.2 Å². The van der Waals surface area contributed by atoms with Crippen LogP contribution in [0.3, 0.4) is 0 Å². The van der Waals surface area contributed by atoms with Gasteiger partial charge in [-0.3, -0.25) is 19.4 Å². The predicted octanol–water partition coefficient (Wildman–Crippen LogP) is 6.03. The number of ether oxygens (including phenoxy) is 1. The standard InChI is InChI=1S/C31H45N3O6/c1-20(2)29(22(4)35)34(7)30(39)40-19-23-12-14-24(15-13-23)33-27(38)11-9-8-10-16-32-21(3)28-25(36)17-31(5,6)18-26(28)37/h12-15,20,29,36H,8-11,16-19H2,1-7H3,(H,33,38)/t29-/m1/s1. The van der Waals surface area contributed by atoms with Crippen LogP contribution in [0.4, 0.5) is 10.5 Å². The van der Waals surface area contributed by atoms with Crippen molar-refractivity contribution in [3.63, 3.8) is 0 Å². The van der Waals surface area contributed by atoms with Gasteiger partial charge in [-0.25, -0.2) is 4.79 Å². The first-order valence-electron chi connectivity index (χ1n) is 14.0. The minimum Gasteiger partial charge on any atom is -0.511 e. The van der Waals surface area contributed by atoms with Crippen molar-refractivity contribution in [1.82, 2.24) is 4.90 Å². The summed E-state index contributed by atoms with van der Waals surface area (Å²) >= 11 is 0. The van der Waals surface area contributed by atoms with E-state index in [4.69, 9.17) is 4.74 Å². The molecule has 0 aliphatic heterocycles. The number of Topliss-reactive ketones (excluding diaryl/α,β-unsaturated/α-hetero) is 2. The summed E-state index contributed by atoms with van der Waals surface area (Å²) in [5.74, 6) is -0.123. The van der Waals surface area contributed by atoms with Gasteiger partial charge in [0.15, 0.2) is 11.6 Å². The number of nitrogens with zero attached hydrogens (tertiary/aromatic N) is 2. The Bertz CT molecular complexity index is 1130. The van der Waals surface area contributed by atoms with E-state index in [0.717, 1.165) is 18.4 Å². The Kier molecular flexibility index (Phi) is 12.1. The van der Waals surface area contributed by atoms with Crippen molar-refractivity contribution in [1.29, 1.82) is 0 Å². The number of allylic oxidation sites excluding steroid dienone is 2. The number of rotatable bonds is 13. The second kappa shape index (κ2) is 14.8. The third-order valence-corrected chi connectivity index (χ3v) is 6.98. The van der Waals surface area contributed by atoms with Crippen LogP contribution in [0.1, 0.15) is 85.6 Å². The molecule has 0 saturated heterocycles. The van der Waals surface area contributed by atoms with Gasteiger partial charge in [0.25, 0.3) is 0 Å². The normalized spacial score (nSPS) is 16.1. The number of aliphatic imine (C=N–C) groups is 1. The molecule has 0 heterocycles. The van der Waals surface area contributed by atoms with Crippen molar-refractivity contribution in [2.75, 3.05) is 18.9 Å². The van der Waals surface area contributed by atoms with E-state index in [0.29, 0.717) is 49.2 Å². The van der Waals surface area contributed by atoms with E-state index in [-0.39, 0.29) is 41.2 Å². The average Bonchev–Trinajstić information content (AvgIpc) is 2.83. The highest BCUT2D eigenvalue weighted by atomic mass is 16.6. The summed E-state index contributed by atoms with van der Waals surface area (Å²) in [6.07, 6.45) is 3.01. The topological polar surface area (TPSA) is 125 Å². The molecular formula is C31H45N3O6. The Balaban J connectivity index is 1.71. The summed E-state index contributed by atoms with van der Waals surface area (Å²) in [7, 11) is 1.56. The van der Waals surface area contributed by atoms with Gasteiger partial charge < -0.3 is 20.1 Å². The maximum absolute atomic E-state index is 12.4.